The van der Waals surface area contributed by atoms with E-state index in [1.807, 2.05) is 42.5 Å². The number of hydrogen-bond acceptors (Lipinski definition) is 6. The maximum absolute atomic E-state index is 14.7. The second kappa shape index (κ2) is 13.7. The molecule has 8 rings (SSSR count). The smallest absolute Gasteiger partial charge is 0.407 e. The van der Waals surface area contributed by atoms with E-state index in [-0.39, 0.29) is 23.9 Å². The second-order valence-corrected chi connectivity index (χ2v) is 14.5. The Morgan fingerprint density at radius 2 is 1.71 bits per heavy atom. The summed E-state index contributed by atoms with van der Waals surface area (Å²) < 4.78 is 4.79. The molecule has 5 heterocycles. The lowest BCUT2D eigenvalue weighted by Crippen LogP contribution is -2.45. The lowest BCUT2D eigenvalue weighted by Gasteiger charge is -2.43. The number of fused-ring (bicyclic) bond motifs is 2. The Labute approximate surface area is 312 Å². The molecule has 0 bridgehead atoms. The number of aromatic nitrogens is 2. The van der Waals surface area contributed by atoms with Gasteiger partial charge in [-0.15, -0.1) is 0 Å². The van der Waals surface area contributed by atoms with Gasteiger partial charge in [-0.1, -0.05) is 72.6 Å². The largest absolute Gasteiger partial charge is 0.453 e. The van der Waals surface area contributed by atoms with Crippen LogP contribution in [-0.4, -0.2) is 53.1 Å². The zero-order valence-electron chi connectivity index (χ0n) is 29.0. The average Bonchev–Trinajstić information content (AvgIpc) is 3.54. The molecule has 3 aromatic carbocycles. The van der Waals surface area contributed by atoms with E-state index in [1.54, 1.807) is 6.20 Å². The molecule has 3 aliphatic heterocycles. The molecule has 2 amide bonds. The van der Waals surface area contributed by atoms with Gasteiger partial charge in [0.1, 0.15) is 5.69 Å². The highest BCUT2D eigenvalue weighted by Gasteiger charge is 2.41. The van der Waals surface area contributed by atoms with Crippen molar-refractivity contribution in [3.8, 4) is 0 Å². The number of hydrogen-bond donors (Lipinski definition) is 3. The Hall–Kier alpha value is -5.25. The van der Waals surface area contributed by atoms with Crippen molar-refractivity contribution in [2.24, 2.45) is 5.92 Å². The number of alkyl carbamates (subject to hydrolysis) is 1. The van der Waals surface area contributed by atoms with Crippen LogP contribution >= 0.6 is 23.2 Å². The number of carbonyl (C=O) groups excluding carboxylic acids is 2. The van der Waals surface area contributed by atoms with E-state index >= 15 is 0 Å². The fourth-order valence-electron chi connectivity index (χ4n) is 7.92. The Kier molecular flexibility index (Phi) is 8.93. The van der Waals surface area contributed by atoms with Gasteiger partial charge in [-0.2, -0.15) is 0 Å². The fourth-order valence-corrected chi connectivity index (χ4v) is 8.27. The third-order valence-corrected chi connectivity index (χ3v) is 11.0. The molecule has 3 aliphatic rings. The molecule has 2 aromatic heterocycles. The third kappa shape index (κ3) is 5.97. The van der Waals surface area contributed by atoms with E-state index in [1.165, 1.54) is 12.7 Å². The molecule has 52 heavy (non-hydrogen) atoms. The Balaban J connectivity index is 1.27. The van der Waals surface area contributed by atoms with Crippen LogP contribution in [0.5, 0.6) is 0 Å². The number of anilines is 2. The zero-order chi connectivity index (χ0) is 36.1. The predicted octanol–water partition coefficient (Wildman–Crippen LogP) is 9.27. The molecule has 2 atom stereocenters. The number of piperidine rings is 1. The number of benzene rings is 3. The number of ether oxygens (including phenoxy) is 1. The van der Waals surface area contributed by atoms with Crippen molar-refractivity contribution in [1.29, 1.82) is 0 Å². The van der Waals surface area contributed by atoms with Gasteiger partial charge in [0, 0.05) is 64.0 Å². The van der Waals surface area contributed by atoms with Gasteiger partial charge in [-0.05, 0) is 84.0 Å². The summed E-state index contributed by atoms with van der Waals surface area (Å²) in [5.74, 6) is 0.476. The highest BCUT2D eigenvalue weighted by Crippen LogP contribution is 2.54. The molecule has 9 nitrogen and oxygen atoms in total. The monoisotopic (exact) mass is 732 g/mol. The van der Waals surface area contributed by atoms with Crippen LogP contribution in [0.25, 0.3) is 22.2 Å². The van der Waals surface area contributed by atoms with Crippen molar-refractivity contribution in [3.63, 3.8) is 0 Å². The average molecular weight is 734 g/mol. The zero-order valence-corrected chi connectivity index (χ0v) is 30.6. The first-order valence-corrected chi connectivity index (χ1v) is 18.2. The molecule has 2 unspecified atom stereocenters. The molecule has 264 valence electrons. The standard InChI is InChI=1S/C41H38Cl2N6O3/c1-23-22-49-37(26-11-13-27(42)14-12-26)30-20-28(43)21-32-34(30)35(38(49)33(24(23)2)25-8-5-4-6-9-25)36(46-32)40(50)47-31-10-7-17-44-39(31)48-18-15-29(16-19-48)45-41(51)52-3/h4-14,17,20-22,24,29,37,46H,15-16,18-19H2,1-3H3,(H,45,51)(H,47,50). The SMILES string of the molecule is COC(=O)NC1CCN(c2ncccc2NC(=O)c2[nH]c3cc(Cl)cc4c3c2C2=C(c3ccccc3)C(C)C(C)=CN2C4c2ccc(Cl)cc2)CC1. The molecule has 11 heteroatoms. The number of carbonyl (C=O) groups is 2. The molecule has 3 N–H and O–H groups in total. The molecule has 0 spiro atoms. The molecular formula is C41H38Cl2N6O3. The highest BCUT2D eigenvalue weighted by atomic mass is 35.5. The number of nitrogens with one attached hydrogen (secondary N) is 3. The van der Waals surface area contributed by atoms with Crippen molar-refractivity contribution < 1.29 is 14.3 Å². The van der Waals surface area contributed by atoms with Crippen LogP contribution < -0.4 is 15.5 Å². The van der Waals surface area contributed by atoms with Crippen LogP contribution in [0.1, 0.15) is 65.5 Å². The molecule has 0 saturated carbocycles. The van der Waals surface area contributed by atoms with Gasteiger partial charge in [0.25, 0.3) is 5.91 Å². The predicted molar refractivity (Wildman–Crippen MR) is 208 cm³/mol. The number of allylic oxidation sites excluding steroid dienone is 2. The van der Waals surface area contributed by atoms with Crippen molar-refractivity contribution in [2.45, 2.75) is 38.8 Å². The van der Waals surface area contributed by atoms with Gasteiger partial charge in [0.15, 0.2) is 5.82 Å². The summed E-state index contributed by atoms with van der Waals surface area (Å²) in [6.45, 7) is 5.70. The van der Waals surface area contributed by atoms with E-state index < -0.39 is 6.09 Å². The Morgan fingerprint density at radius 1 is 0.962 bits per heavy atom. The number of nitrogens with zero attached hydrogens (tertiary/aromatic N) is 3. The first-order valence-electron chi connectivity index (χ1n) is 17.4. The summed E-state index contributed by atoms with van der Waals surface area (Å²) in [6, 6.07) is 25.7. The van der Waals surface area contributed by atoms with Crippen LogP contribution in [-0.2, 0) is 4.74 Å². The van der Waals surface area contributed by atoms with Crippen molar-refractivity contribution >= 4 is 68.9 Å². The van der Waals surface area contributed by atoms with Crippen molar-refractivity contribution in [2.75, 3.05) is 30.4 Å². The summed E-state index contributed by atoms with van der Waals surface area (Å²) in [7, 11) is 1.37. The summed E-state index contributed by atoms with van der Waals surface area (Å²) in [4.78, 5) is 39.2. The van der Waals surface area contributed by atoms with E-state index in [0.717, 1.165) is 57.3 Å². The third-order valence-electron chi connectivity index (χ3n) is 10.5. The summed E-state index contributed by atoms with van der Waals surface area (Å²) in [5, 5.41) is 8.31. The van der Waals surface area contributed by atoms with E-state index in [4.69, 9.17) is 32.9 Å². The maximum atomic E-state index is 14.7. The minimum atomic E-state index is -0.433. The number of methoxy groups -OCH3 is 1. The number of halogens is 2. The van der Waals surface area contributed by atoms with Gasteiger partial charge in [-0.25, -0.2) is 9.78 Å². The number of rotatable bonds is 6. The van der Waals surface area contributed by atoms with E-state index in [9.17, 15) is 9.59 Å². The lowest BCUT2D eigenvalue weighted by molar-refractivity contribution is 0.102. The number of amides is 2. The Bertz CT molecular complexity index is 2260. The summed E-state index contributed by atoms with van der Waals surface area (Å²) in [6.07, 6.45) is 4.96. The van der Waals surface area contributed by atoms with Crippen molar-refractivity contribution in [1.82, 2.24) is 20.2 Å². The van der Waals surface area contributed by atoms with Gasteiger partial charge < -0.3 is 30.2 Å². The quantitative estimate of drug-likeness (QED) is 0.161. The van der Waals surface area contributed by atoms with Crippen LogP contribution in [0, 0.1) is 5.92 Å². The number of aromatic amines is 1. The van der Waals surface area contributed by atoms with Gasteiger partial charge >= 0.3 is 6.09 Å². The molecule has 0 radical (unpaired) electrons. The molecule has 1 fully saturated rings. The first-order chi connectivity index (χ1) is 25.2. The molecule has 1 saturated heterocycles. The van der Waals surface area contributed by atoms with E-state index in [0.29, 0.717) is 40.3 Å². The summed E-state index contributed by atoms with van der Waals surface area (Å²) >= 11 is 13.2. The van der Waals surface area contributed by atoms with Crippen LogP contribution in [0.3, 0.4) is 0 Å². The van der Waals surface area contributed by atoms with E-state index in [2.05, 4.69) is 81.9 Å². The van der Waals surface area contributed by atoms with Gasteiger partial charge in [0.2, 0.25) is 0 Å². The topological polar surface area (TPSA) is 103 Å². The van der Waals surface area contributed by atoms with Crippen molar-refractivity contribution in [3.05, 3.63) is 135 Å². The second-order valence-electron chi connectivity index (χ2n) is 13.6. The fraction of sp³-hybridized carbons (Fsp3) is 0.244. The number of pyridine rings is 1. The normalized spacial score (nSPS) is 18.6. The van der Waals surface area contributed by atoms with Crippen LogP contribution in [0.4, 0.5) is 16.3 Å². The van der Waals surface area contributed by atoms with Gasteiger partial charge in [0.05, 0.1) is 24.5 Å². The van der Waals surface area contributed by atoms with Crippen LogP contribution in [0.15, 0.2) is 96.8 Å². The minimum Gasteiger partial charge on any atom is -0.453 e. The van der Waals surface area contributed by atoms with Crippen LogP contribution in [0.2, 0.25) is 10.0 Å². The maximum Gasteiger partial charge on any atom is 0.407 e. The summed E-state index contributed by atoms with van der Waals surface area (Å²) in [5.41, 5.74) is 9.12. The highest BCUT2D eigenvalue weighted by molar-refractivity contribution is 6.32. The molecular weight excluding hydrogens is 695 g/mol. The lowest BCUT2D eigenvalue weighted by atomic mass is 9.78. The van der Waals surface area contributed by atoms with Gasteiger partial charge in [-0.3, -0.25) is 4.79 Å². The first kappa shape index (κ1) is 33.9. The number of H-pyrrole nitrogens is 1. The molecule has 5 aromatic rings. The minimum absolute atomic E-state index is 0.00761. The molecule has 0 aliphatic carbocycles. The Morgan fingerprint density at radius 3 is 2.44 bits per heavy atom.